The van der Waals surface area contributed by atoms with Gasteiger partial charge in [-0.05, 0) is 80.2 Å². The van der Waals surface area contributed by atoms with Gasteiger partial charge < -0.3 is 89.0 Å². The number of ether oxygens (including phenoxy) is 5. The summed E-state index contributed by atoms with van der Waals surface area (Å²) >= 11 is 17.3. The summed E-state index contributed by atoms with van der Waals surface area (Å²) in [5.41, 5.74) is -2.12. The number of para-hydroxylation sites is 1. The first-order chi connectivity index (χ1) is 68.2. The molecule has 0 aliphatic carbocycles. The fourth-order valence-corrected chi connectivity index (χ4v) is 35.5. The van der Waals surface area contributed by atoms with Gasteiger partial charge in [0.2, 0.25) is 65.0 Å². The first-order valence-corrected chi connectivity index (χ1v) is 59.5. The molecule has 9 N–H and O–H groups in total. The highest BCUT2D eigenvalue weighted by atomic mass is 35.7. The number of aliphatic hydroxyl groups is 1. The Balaban J connectivity index is 0.000000218. The van der Waals surface area contributed by atoms with E-state index in [0.29, 0.717) is 11.4 Å². The summed E-state index contributed by atoms with van der Waals surface area (Å²) in [7, 11) is -8.60. The third-order valence-electron chi connectivity index (χ3n) is 25.0. The summed E-state index contributed by atoms with van der Waals surface area (Å²) in [6, 6.07) is 8.85. The van der Waals surface area contributed by atoms with Crippen molar-refractivity contribution >= 4 is 166 Å². The summed E-state index contributed by atoms with van der Waals surface area (Å²) < 4.78 is 154. The van der Waals surface area contributed by atoms with Crippen molar-refractivity contribution in [1.82, 2.24) is 86.9 Å². The normalized spacial score (nSPS) is 25.6. The van der Waals surface area contributed by atoms with E-state index in [1.54, 1.807) is 82.3 Å². The minimum Gasteiger partial charge on any atom is -0.450 e. The van der Waals surface area contributed by atoms with Crippen LogP contribution in [0, 0.1) is 25.0 Å². The van der Waals surface area contributed by atoms with Crippen LogP contribution in [-0.2, 0) is 106 Å². The number of carbonyl (C=O) groups is 3. The van der Waals surface area contributed by atoms with Crippen LogP contribution in [0.5, 0.6) is 5.75 Å². The molecule has 0 radical (unpaired) electrons. The van der Waals surface area contributed by atoms with Crippen LogP contribution in [0.4, 0.5) is 25.5 Å². The fraction of sp³-hybridized carbons (Fsp3) is 0.588. The van der Waals surface area contributed by atoms with Crippen LogP contribution in [0.3, 0.4) is 0 Å². The van der Waals surface area contributed by atoms with E-state index in [2.05, 4.69) is 122 Å². The minimum atomic E-state index is -4.27. The molecule has 20 atom stereocenters. The number of anilines is 2. The average Bonchev–Trinajstić information content (AvgIpc) is 1.58. The zero-order valence-electron chi connectivity index (χ0n) is 81.1. The fourth-order valence-electron chi connectivity index (χ4n) is 18.8. The number of alkyl halides is 2. The second-order valence-electron chi connectivity index (χ2n) is 36.9. The van der Waals surface area contributed by atoms with Gasteiger partial charge in [-0.15, -0.1) is 0 Å². The average molecular weight is 2200 g/mol. The molecule has 2 bridgehead atoms. The Labute approximate surface area is 846 Å². The maximum atomic E-state index is 16.9. The molecule has 0 spiro atoms. The molecular formula is C85H117ClF2N22O27P4S2Si2. The van der Waals surface area contributed by atoms with Gasteiger partial charge in [0.25, 0.3) is 22.2 Å². The van der Waals surface area contributed by atoms with Crippen LogP contribution in [0.2, 0.25) is 33.2 Å². The lowest BCUT2D eigenvalue weighted by Gasteiger charge is -2.45. The van der Waals surface area contributed by atoms with E-state index < -0.39 is 222 Å². The second kappa shape index (κ2) is 46.8. The number of carbonyl (C=O) groups excluding carboxylic acids is 2. The molecule has 16 rings (SSSR count). The van der Waals surface area contributed by atoms with Crippen LogP contribution >= 0.6 is 40.0 Å². The quantitative estimate of drug-likeness (QED) is 0.00606. The van der Waals surface area contributed by atoms with E-state index in [1.165, 1.54) is 47.2 Å². The van der Waals surface area contributed by atoms with E-state index >= 15 is 8.78 Å². The van der Waals surface area contributed by atoms with Crippen LogP contribution in [0.1, 0.15) is 143 Å². The highest BCUT2D eigenvalue weighted by Crippen LogP contribution is 2.60. The van der Waals surface area contributed by atoms with Gasteiger partial charge in [0.1, 0.15) is 73.9 Å². The smallest absolute Gasteiger partial charge is 0.450 e. The van der Waals surface area contributed by atoms with Gasteiger partial charge in [-0.25, -0.2) is 56.6 Å². The molecule has 5 aliphatic rings. The predicted molar refractivity (Wildman–Crippen MR) is 537 cm³/mol. The Morgan fingerprint density at radius 3 is 1.57 bits per heavy atom. The van der Waals surface area contributed by atoms with Gasteiger partial charge >= 0.3 is 34.9 Å². The molecule has 5 fully saturated rings. The molecule has 10 aromatic heterocycles. The standard InChI is InChI=1S/C39H53FN11O13PSSi.C38H52FN11O12P2SSi.C7H8ClO2P.CH4/c1-18(2)31(53)46-37-45-30-25(32(54)47-37)43-16-50(30)35-28(24(40)22(14-52)60-35)63-65(66,58-13-11-41-9)59-15-23-27(62-39(56)57)29(64-67(19(3)4,20(5)6)21(7)8)36(61-23)51-17-44-26-33(55)48-38-42-10-12-49(38)34(26)51;1-18(2)31(51)45-37-44-30-25(32(52)46-37)42-16-49(30)35-28-24(39)22(58-35)14-55-63(54)60-27-23(15-57-64(65,61-28)56-13-11-40-9)59-36(29(27)62-66(19(3)4,20(5)6)21(7)8)50-17-43-26-33(53)47-38-41-10-12-48(38)34(26)50;1-11(8,9)10-7-5-3-2-4-6-7;/h10,12,16-24,27-29,35-36,52H,11,13-15H2,1-8H3,(H,56,57)(H,42,48,55)(H2,45,46,47,53,54);10,12,16-24,27-29,35-36,54H,11,13-15H2,1-8H3,(H,41,47,53)(H2,44,45,46,51,52);2-6H,1H3;1H4/t22-,23-,24-,27-,28-,29-,35-,36-,65?;22-,23-,24-,27-,28-,29-,35-,36-,63?,64?;;/m11../s1. The number of hydrogen-bond acceptors (Lipinski definition) is 36. The van der Waals surface area contributed by atoms with Gasteiger partial charge in [0.15, 0.2) is 88.0 Å². The molecule has 49 nitrogen and oxygen atoms in total. The zero-order chi connectivity index (χ0) is 104. The second-order valence-corrected chi connectivity index (χ2v) is 58.1. The summed E-state index contributed by atoms with van der Waals surface area (Å²) in [6.07, 6.45) is -13.2. The molecule has 1 aromatic carbocycles. The number of fused-ring (bicyclic) bond motifs is 11. The van der Waals surface area contributed by atoms with Crippen molar-refractivity contribution < 1.29 is 116 Å². The number of amides is 2. The summed E-state index contributed by atoms with van der Waals surface area (Å²) in [4.78, 5) is 153. The molecule has 790 valence electrons. The van der Waals surface area contributed by atoms with Crippen LogP contribution in [0.25, 0.3) is 65.9 Å². The van der Waals surface area contributed by atoms with Crippen molar-refractivity contribution in [2.24, 2.45) is 11.8 Å². The summed E-state index contributed by atoms with van der Waals surface area (Å²) in [6.45, 7) is 32.9. The number of benzene rings is 1. The molecule has 11 aromatic rings. The number of nitrogens with one attached hydrogen (secondary N) is 6. The van der Waals surface area contributed by atoms with Gasteiger partial charge in [-0.3, -0.25) is 100 Å². The van der Waals surface area contributed by atoms with Crippen molar-refractivity contribution in [3.05, 3.63) is 145 Å². The number of imidazole rings is 6. The number of H-pyrrole nitrogens is 4. The van der Waals surface area contributed by atoms with Crippen LogP contribution < -0.4 is 37.4 Å². The van der Waals surface area contributed by atoms with E-state index in [1.807, 2.05) is 47.6 Å². The van der Waals surface area contributed by atoms with E-state index in [4.69, 9.17) is 121 Å². The van der Waals surface area contributed by atoms with Gasteiger partial charge in [-0.2, -0.15) is 9.97 Å². The maximum absolute atomic E-state index is 16.9. The van der Waals surface area contributed by atoms with Crippen LogP contribution in [0.15, 0.2) is 99.6 Å². The highest BCUT2D eigenvalue weighted by molar-refractivity contribution is 8.07. The Morgan fingerprint density at radius 2 is 1.08 bits per heavy atom. The molecular weight excluding hydrogens is 2080 g/mol. The highest BCUT2D eigenvalue weighted by Gasteiger charge is 2.61. The number of halogens is 3. The van der Waals surface area contributed by atoms with Crippen LogP contribution in [-0.4, -0.2) is 269 Å². The topological polar surface area (TPSA) is 573 Å². The molecule has 4 unspecified atom stereocenters. The molecule has 5 saturated heterocycles. The Morgan fingerprint density at radius 1 is 0.614 bits per heavy atom. The SMILES string of the molecule is C.CP(=O)(Cl)Oc1ccccc1.[C-]#[N+]CCOP(=S)(OC[C@H]1O[C@@H](n2cnc3c(=O)[nH]c4nccn4c32)[C@H](O[Si](C(C)C)(C(C)C)C(C)C)[C@@H]1OC(=O)O)O[C@@H]1[C@H](F)[C@@H](CO)O[C@H]1n1cnc2c(=O)[nH]c(NC(=O)C(C)C)nc21.[C-]#[N+]CCOP1(=S)OC[C@H]2O[C@@H](n3cnc4c(=O)[nH]c5nccn5c43)[C@H](O[Si](C(C)C)(C(C)C)C(C)C)[C@@H]2OP(O)OC[C@H]2O[C@@H](n3cnc4c(=O)[nH]c(NC(=O)C(C)C)nc43)[C@H](O1)[C@@H]2F. The lowest BCUT2D eigenvalue weighted by atomic mass is 10.1. The lowest BCUT2D eigenvalue weighted by Crippen LogP contribution is -2.54. The first kappa shape index (κ1) is 113. The summed E-state index contributed by atoms with van der Waals surface area (Å²) in [5, 5.41) is 25.5. The number of hydrogen-bond donors (Lipinski definition) is 9. The Kier molecular flexibility index (Phi) is 36.4. The van der Waals surface area contributed by atoms with Gasteiger partial charge in [0.05, 0.1) is 51.7 Å². The Bertz CT molecular complexity index is 6910. The number of carboxylic acid groups (broad SMARTS) is 1. The lowest BCUT2D eigenvalue weighted by molar-refractivity contribution is -0.119. The summed E-state index contributed by atoms with van der Waals surface area (Å²) in [5.74, 6) is -1.23. The van der Waals surface area contributed by atoms with E-state index in [-0.39, 0.29) is 129 Å². The number of rotatable bonds is 33. The van der Waals surface area contributed by atoms with Crippen molar-refractivity contribution in [2.45, 2.75) is 250 Å². The molecule has 60 heteroatoms. The van der Waals surface area contributed by atoms with Gasteiger partial charge in [-0.1, -0.05) is 136 Å². The zero-order valence-corrected chi connectivity index (χ0v) is 89.0. The minimum absolute atomic E-state index is 0. The predicted octanol–water partition coefficient (Wildman–Crippen LogP) is 13.2. The third kappa shape index (κ3) is 23.9. The van der Waals surface area contributed by atoms with Crippen molar-refractivity contribution in [1.29, 1.82) is 0 Å². The van der Waals surface area contributed by atoms with Gasteiger partial charge in [0, 0.05) is 43.3 Å². The number of aliphatic hydroxyl groups excluding tert-OH is 1. The van der Waals surface area contributed by atoms with E-state index in [9.17, 15) is 53.2 Å². The number of aromatic nitrogens is 18. The van der Waals surface area contributed by atoms with Crippen molar-refractivity contribution in [3.63, 3.8) is 0 Å². The number of nitrogens with zero attached hydrogens (tertiary/aromatic N) is 16. The molecule has 0 saturated carbocycles. The maximum Gasteiger partial charge on any atom is 0.506 e. The molecule has 15 heterocycles. The largest absolute Gasteiger partial charge is 0.506 e. The first-order valence-electron chi connectivity index (χ1n) is 46.0. The van der Waals surface area contributed by atoms with Crippen molar-refractivity contribution in [3.8, 4) is 5.75 Å². The monoisotopic (exact) mass is 2190 g/mol. The Hall–Kier alpha value is -9.41. The van der Waals surface area contributed by atoms with Crippen molar-refractivity contribution in [2.75, 3.05) is 70.0 Å². The number of aromatic amines is 4. The molecule has 145 heavy (non-hydrogen) atoms. The van der Waals surface area contributed by atoms with E-state index in [0.717, 1.165) is 6.33 Å². The molecule has 2 amide bonds. The third-order valence-corrected chi connectivity index (χ3v) is 43.5. The molecule has 5 aliphatic heterocycles.